The summed E-state index contributed by atoms with van der Waals surface area (Å²) in [7, 11) is 0. The van der Waals surface area contributed by atoms with Crippen molar-refractivity contribution in [3.05, 3.63) is 24.3 Å². The molecule has 0 saturated carbocycles. The molecule has 1 unspecified atom stereocenters. The average Bonchev–Trinajstić information content (AvgIpc) is 3.01. The van der Waals surface area contributed by atoms with Gasteiger partial charge in [-0.1, -0.05) is 11.8 Å². The summed E-state index contributed by atoms with van der Waals surface area (Å²) in [5, 5.41) is 20.0. The number of guanidine groups is 1. The van der Waals surface area contributed by atoms with E-state index in [2.05, 4.69) is 15.3 Å². The number of aliphatic hydroxyl groups is 1. The van der Waals surface area contributed by atoms with Gasteiger partial charge in [-0.2, -0.15) is 4.99 Å². The van der Waals surface area contributed by atoms with Crippen LogP contribution in [0.2, 0.25) is 0 Å². The normalized spacial score (nSPS) is 18.8. The number of amides is 1. The van der Waals surface area contributed by atoms with Crippen LogP contribution < -0.4 is 11.1 Å². The number of hydrogen-bond donors (Lipinski definition) is 4. The van der Waals surface area contributed by atoms with Gasteiger partial charge in [-0.05, 0) is 44.5 Å². The van der Waals surface area contributed by atoms with E-state index >= 15 is 0 Å². The van der Waals surface area contributed by atoms with Crippen LogP contribution in [0.1, 0.15) is 20.3 Å². The van der Waals surface area contributed by atoms with Crippen LogP contribution in [0.15, 0.2) is 44.0 Å². The smallest absolute Gasteiger partial charge is 0.259 e. The minimum atomic E-state index is -0.776. The highest BCUT2D eigenvalue weighted by Gasteiger charge is 2.40. The molecule has 9 nitrogen and oxygen atoms in total. The van der Waals surface area contributed by atoms with Gasteiger partial charge in [-0.3, -0.25) is 15.5 Å². The van der Waals surface area contributed by atoms with Crippen molar-refractivity contribution in [2.75, 3.05) is 25.6 Å². The van der Waals surface area contributed by atoms with E-state index < -0.39 is 6.04 Å². The van der Waals surface area contributed by atoms with E-state index in [1.807, 2.05) is 38.1 Å². The number of nitrogens with one attached hydrogen (secondary N) is 2. The van der Waals surface area contributed by atoms with Crippen molar-refractivity contribution in [2.24, 2.45) is 15.7 Å². The minimum Gasteiger partial charge on any atom is -0.395 e. The fourth-order valence-corrected chi connectivity index (χ4v) is 5.02. The monoisotopic (exact) mass is 450 g/mol. The summed E-state index contributed by atoms with van der Waals surface area (Å²) in [6.07, 6.45) is 0.888. The number of amidine groups is 2. The molecule has 5 N–H and O–H groups in total. The van der Waals surface area contributed by atoms with E-state index in [0.29, 0.717) is 11.0 Å². The van der Waals surface area contributed by atoms with Crippen molar-refractivity contribution >= 4 is 46.4 Å². The first kappa shape index (κ1) is 22.8. The number of benzene rings is 1. The number of ether oxygens (including phenoxy) is 1. The van der Waals surface area contributed by atoms with Gasteiger partial charge < -0.3 is 20.5 Å². The lowest BCUT2D eigenvalue weighted by molar-refractivity contribution is -0.119. The molecule has 30 heavy (non-hydrogen) atoms. The first-order valence-corrected chi connectivity index (χ1v) is 11.3. The fraction of sp³-hybridized carbons (Fsp3) is 0.474. The van der Waals surface area contributed by atoms with Gasteiger partial charge in [0.05, 0.1) is 18.9 Å². The number of hydrogen-bond acceptors (Lipinski definition) is 9. The number of nitrogens with two attached hydrogens (primary N) is 1. The van der Waals surface area contributed by atoms with Crippen LogP contribution in [-0.4, -0.2) is 70.2 Å². The summed E-state index contributed by atoms with van der Waals surface area (Å²) < 4.78 is 5.52. The Morgan fingerprint density at radius 1 is 1.33 bits per heavy atom. The average molecular weight is 451 g/mol. The van der Waals surface area contributed by atoms with Crippen LogP contribution in [0, 0.1) is 5.41 Å². The van der Waals surface area contributed by atoms with Crippen molar-refractivity contribution in [3.63, 3.8) is 0 Å². The number of β-amino-alcohol motifs (C(OH)–C–C–N with tert-alkyl or cyclic N) is 1. The summed E-state index contributed by atoms with van der Waals surface area (Å²) in [5.41, 5.74) is 5.22. The molecule has 0 aliphatic carbocycles. The Labute approximate surface area is 184 Å². The van der Waals surface area contributed by atoms with E-state index in [0.717, 1.165) is 22.0 Å². The summed E-state index contributed by atoms with van der Waals surface area (Å²) in [6.45, 7) is 4.43. The Balaban J connectivity index is 1.63. The third kappa shape index (κ3) is 5.61. The molecule has 1 amide bonds. The first-order valence-electron chi connectivity index (χ1n) is 9.52. The van der Waals surface area contributed by atoms with Crippen LogP contribution >= 0.6 is 23.5 Å². The van der Waals surface area contributed by atoms with E-state index in [1.165, 1.54) is 11.8 Å². The molecule has 0 fully saturated rings. The van der Waals surface area contributed by atoms with Crippen molar-refractivity contribution in [2.45, 2.75) is 41.7 Å². The van der Waals surface area contributed by atoms with Gasteiger partial charge in [-0.25, -0.2) is 4.99 Å². The van der Waals surface area contributed by atoms with Gasteiger partial charge in [-0.15, -0.1) is 11.8 Å². The molecule has 162 valence electrons. The van der Waals surface area contributed by atoms with E-state index in [-0.39, 0.29) is 37.4 Å². The van der Waals surface area contributed by atoms with Crippen LogP contribution in [0.3, 0.4) is 0 Å². The molecular formula is C19H26N6O3S2. The molecule has 2 aliphatic rings. The highest BCUT2D eigenvalue weighted by atomic mass is 32.2. The van der Waals surface area contributed by atoms with Gasteiger partial charge in [0.1, 0.15) is 5.84 Å². The largest absolute Gasteiger partial charge is 0.395 e. The summed E-state index contributed by atoms with van der Waals surface area (Å²) in [5.74, 6) is 0.711. The molecular weight excluding hydrogens is 424 g/mol. The Morgan fingerprint density at radius 2 is 2.03 bits per heavy atom. The third-order valence-electron chi connectivity index (χ3n) is 4.51. The summed E-state index contributed by atoms with van der Waals surface area (Å²) in [4.78, 5) is 24.5. The molecule has 11 heteroatoms. The standard InChI is InChI=1S/C19H26N6O3S2/c1-19(2,28-11-20)7-10-29-12-3-5-13(6-4-12)30-18-22-14-15(25(18)8-9-26)23-17(21)24-16(14)27/h3-6,14,26H,7-11,20H2,1-2H3,(H2,21,24,27). The Kier molecular flexibility index (Phi) is 7.53. The molecule has 1 aromatic rings. The van der Waals surface area contributed by atoms with Gasteiger partial charge in [0.25, 0.3) is 5.91 Å². The second-order valence-corrected chi connectivity index (χ2v) is 9.45. The number of aliphatic hydroxyl groups excluding tert-OH is 1. The van der Waals surface area contributed by atoms with Crippen LogP contribution in [0.5, 0.6) is 0 Å². The Hall–Kier alpha value is -1.92. The first-order chi connectivity index (χ1) is 14.3. The molecule has 2 heterocycles. The zero-order chi connectivity index (χ0) is 21.7. The van der Waals surface area contributed by atoms with Crippen LogP contribution in [0.25, 0.3) is 0 Å². The predicted molar refractivity (Wildman–Crippen MR) is 120 cm³/mol. The number of carbonyl (C=O) groups is 1. The maximum absolute atomic E-state index is 12.1. The fourth-order valence-electron chi connectivity index (χ4n) is 2.92. The number of fused-ring (bicyclic) bond motifs is 1. The maximum Gasteiger partial charge on any atom is 0.259 e. The lowest BCUT2D eigenvalue weighted by Gasteiger charge is -2.24. The van der Waals surface area contributed by atoms with Gasteiger partial charge in [0.15, 0.2) is 11.2 Å². The number of thioether (sulfide) groups is 2. The van der Waals surface area contributed by atoms with E-state index in [1.54, 1.807) is 16.7 Å². The zero-order valence-corrected chi connectivity index (χ0v) is 18.6. The molecule has 1 aromatic carbocycles. The number of carbonyl (C=O) groups excluding carboxylic acids is 1. The van der Waals surface area contributed by atoms with Gasteiger partial charge in [0, 0.05) is 22.1 Å². The second-order valence-electron chi connectivity index (χ2n) is 7.24. The van der Waals surface area contributed by atoms with Crippen LogP contribution in [-0.2, 0) is 9.53 Å². The molecule has 0 aromatic heterocycles. The number of aliphatic imine (C=N–C) groups is 2. The SMILES string of the molecule is CC(C)(CCSc1ccc(SC2=NC3C(=O)NC(=N)N=C3N2CCO)cc1)OCN. The summed E-state index contributed by atoms with van der Waals surface area (Å²) >= 11 is 3.15. The van der Waals surface area contributed by atoms with Crippen molar-refractivity contribution in [1.82, 2.24) is 10.2 Å². The quantitative estimate of drug-likeness (QED) is 0.330. The highest BCUT2D eigenvalue weighted by molar-refractivity contribution is 8.13. The number of rotatable bonds is 9. The van der Waals surface area contributed by atoms with Crippen LogP contribution in [0.4, 0.5) is 0 Å². The van der Waals surface area contributed by atoms with Gasteiger partial charge in [0.2, 0.25) is 5.96 Å². The molecule has 0 spiro atoms. The summed E-state index contributed by atoms with van der Waals surface area (Å²) in [6, 6.07) is 7.31. The van der Waals surface area contributed by atoms with E-state index in [9.17, 15) is 9.90 Å². The molecule has 3 rings (SSSR count). The van der Waals surface area contributed by atoms with Gasteiger partial charge >= 0.3 is 0 Å². The second kappa shape index (κ2) is 9.92. The molecule has 2 aliphatic heterocycles. The van der Waals surface area contributed by atoms with Crippen molar-refractivity contribution in [1.29, 1.82) is 5.41 Å². The topological polar surface area (TPSA) is 136 Å². The zero-order valence-electron chi connectivity index (χ0n) is 16.9. The molecule has 0 saturated heterocycles. The van der Waals surface area contributed by atoms with E-state index in [4.69, 9.17) is 15.9 Å². The maximum atomic E-state index is 12.1. The third-order valence-corrected chi connectivity index (χ3v) is 6.54. The molecule has 0 radical (unpaired) electrons. The van der Waals surface area contributed by atoms with Crippen molar-refractivity contribution < 1.29 is 14.6 Å². The lowest BCUT2D eigenvalue weighted by atomic mass is 10.1. The molecule has 0 bridgehead atoms. The highest BCUT2D eigenvalue weighted by Crippen LogP contribution is 2.30. The molecule has 1 atom stereocenters. The lowest BCUT2D eigenvalue weighted by Crippen LogP contribution is -2.49. The minimum absolute atomic E-state index is 0.111. The Bertz CT molecular complexity index is 856. The predicted octanol–water partition coefficient (Wildman–Crippen LogP) is 1.47. The Morgan fingerprint density at radius 3 is 2.70 bits per heavy atom. The number of nitrogens with zero attached hydrogens (tertiary/aromatic N) is 3. The van der Waals surface area contributed by atoms with Crippen molar-refractivity contribution in [3.8, 4) is 0 Å².